The third-order valence-corrected chi connectivity index (χ3v) is 1.18. The number of nitrogens with two attached hydrogens (primary N) is 1. The lowest BCUT2D eigenvalue weighted by Crippen LogP contribution is -2.07. The largest absolute Gasteiger partial charge is 0.463 e. The number of hydrogen-bond acceptors (Lipinski definition) is 4. The van der Waals surface area contributed by atoms with Gasteiger partial charge in [-0.3, -0.25) is 0 Å². The highest BCUT2D eigenvalue weighted by molar-refractivity contribution is 4.95. The SMILES string of the molecule is NCCCOc1ncc(F)cn1. The maximum Gasteiger partial charge on any atom is 0.316 e. The van der Waals surface area contributed by atoms with E-state index in [1.54, 1.807) is 0 Å². The first-order chi connectivity index (χ1) is 5.83. The summed E-state index contributed by atoms with van der Waals surface area (Å²) in [4.78, 5) is 7.20. The minimum absolute atomic E-state index is 0.185. The van der Waals surface area contributed by atoms with Crippen molar-refractivity contribution in [2.45, 2.75) is 6.42 Å². The van der Waals surface area contributed by atoms with E-state index in [-0.39, 0.29) is 6.01 Å². The van der Waals surface area contributed by atoms with Crippen LogP contribution in [0.2, 0.25) is 0 Å². The Labute approximate surface area is 69.6 Å². The highest BCUT2D eigenvalue weighted by Crippen LogP contribution is 2.00. The Morgan fingerprint density at radius 1 is 1.42 bits per heavy atom. The first-order valence-corrected chi connectivity index (χ1v) is 3.63. The van der Waals surface area contributed by atoms with Crippen molar-refractivity contribution in [2.24, 2.45) is 5.73 Å². The molecule has 0 amide bonds. The molecule has 0 fully saturated rings. The molecule has 0 bridgehead atoms. The van der Waals surface area contributed by atoms with Crippen molar-refractivity contribution in [1.29, 1.82) is 0 Å². The maximum atomic E-state index is 12.3. The molecule has 0 radical (unpaired) electrons. The quantitative estimate of drug-likeness (QED) is 0.664. The summed E-state index contributed by atoms with van der Waals surface area (Å²) in [6.45, 7) is 1.02. The van der Waals surface area contributed by atoms with E-state index in [0.717, 1.165) is 18.8 Å². The molecule has 0 saturated heterocycles. The van der Waals surface area contributed by atoms with Crippen LogP contribution < -0.4 is 10.5 Å². The molecule has 5 heteroatoms. The van der Waals surface area contributed by atoms with Crippen molar-refractivity contribution in [3.8, 4) is 6.01 Å². The number of hydrogen-bond donors (Lipinski definition) is 1. The van der Waals surface area contributed by atoms with E-state index in [4.69, 9.17) is 10.5 Å². The van der Waals surface area contributed by atoms with E-state index in [9.17, 15) is 4.39 Å². The minimum Gasteiger partial charge on any atom is -0.463 e. The van der Waals surface area contributed by atoms with E-state index in [1.165, 1.54) is 0 Å². The van der Waals surface area contributed by atoms with Gasteiger partial charge in [0.05, 0.1) is 19.0 Å². The Kier molecular flexibility index (Phi) is 3.40. The maximum absolute atomic E-state index is 12.3. The highest BCUT2D eigenvalue weighted by Gasteiger charge is 1.96. The third kappa shape index (κ3) is 2.79. The third-order valence-electron chi connectivity index (χ3n) is 1.18. The van der Waals surface area contributed by atoms with Gasteiger partial charge in [0.15, 0.2) is 5.82 Å². The lowest BCUT2D eigenvalue weighted by Gasteiger charge is -2.00. The number of nitrogens with zero attached hydrogens (tertiary/aromatic N) is 2. The van der Waals surface area contributed by atoms with Crippen molar-refractivity contribution in [3.05, 3.63) is 18.2 Å². The Morgan fingerprint density at radius 2 is 2.08 bits per heavy atom. The topological polar surface area (TPSA) is 61.0 Å². The predicted molar refractivity (Wildman–Crippen MR) is 41.2 cm³/mol. The van der Waals surface area contributed by atoms with Crippen molar-refractivity contribution < 1.29 is 9.13 Å². The molecule has 0 spiro atoms. The Bertz CT molecular complexity index is 227. The lowest BCUT2D eigenvalue weighted by molar-refractivity contribution is 0.287. The molecule has 0 unspecified atom stereocenters. The number of ether oxygens (including phenoxy) is 1. The summed E-state index contributed by atoms with van der Waals surface area (Å²) in [5, 5.41) is 0. The molecule has 0 aromatic carbocycles. The average molecular weight is 171 g/mol. The van der Waals surface area contributed by atoms with Gasteiger partial charge in [0.1, 0.15) is 0 Å². The second kappa shape index (κ2) is 4.61. The Balaban J connectivity index is 2.37. The molecule has 0 aliphatic heterocycles. The summed E-state index contributed by atoms with van der Waals surface area (Å²) in [5.41, 5.74) is 5.24. The van der Waals surface area contributed by atoms with Crippen molar-refractivity contribution in [2.75, 3.05) is 13.2 Å². The van der Waals surface area contributed by atoms with Crippen molar-refractivity contribution in [1.82, 2.24) is 9.97 Å². The van der Waals surface area contributed by atoms with Gasteiger partial charge < -0.3 is 10.5 Å². The molecular formula is C7H10FN3O. The van der Waals surface area contributed by atoms with E-state index >= 15 is 0 Å². The Morgan fingerprint density at radius 3 is 2.67 bits per heavy atom. The van der Waals surface area contributed by atoms with Crippen LogP contribution in [0.15, 0.2) is 12.4 Å². The fourth-order valence-corrected chi connectivity index (χ4v) is 0.622. The highest BCUT2D eigenvalue weighted by atomic mass is 19.1. The molecule has 0 saturated carbocycles. The Hall–Kier alpha value is -1.23. The molecule has 0 aliphatic carbocycles. The number of aromatic nitrogens is 2. The molecule has 66 valence electrons. The molecular weight excluding hydrogens is 161 g/mol. The number of rotatable bonds is 4. The zero-order valence-electron chi connectivity index (χ0n) is 6.53. The normalized spacial score (nSPS) is 9.83. The van der Waals surface area contributed by atoms with Crippen LogP contribution in [0.5, 0.6) is 6.01 Å². The van der Waals surface area contributed by atoms with Crippen LogP contribution in [-0.2, 0) is 0 Å². The number of halogens is 1. The van der Waals surface area contributed by atoms with Gasteiger partial charge >= 0.3 is 6.01 Å². The van der Waals surface area contributed by atoms with E-state index in [1.807, 2.05) is 0 Å². The second-order valence-corrected chi connectivity index (χ2v) is 2.17. The molecule has 0 atom stereocenters. The van der Waals surface area contributed by atoms with Crippen molar-refractivity contribution >= 4 is 0 Å². The fourth-order valence-electron chi connectivity index (χ4n) is 0.622. The first-order valence-electron chi connectivity index (χ1n) is 3.63. The summed E-state index contributed by atoms with van der Waals surface area (Å²) in [6.07, 6.45) is 2.86. The molecule has 0 aliphatic rings. The van der Waals surface area contributed by atoms with E-state index in [0.29, 0.717) is 13.2 Å². The zero-order valence-corrected chi connectivity index (χ0v) is 6.53. The van der Waals surface area contributed by atoms with Gasteiger partial charge in [-0.1, -0.05) is 0 Å². The van der Waals surface area contributed by atoms with Gasteiger partial charge in [-0.2, -0.15) is 0 Å². The van der Waals surface area contributed by atoms with E-state index < -0.39 is 5.82 Å². The van der Waals surface area contributed by atoms with Crippen LogP contribution in [0.3, 0.4) is 0 Å². The van der Waals surface area contributed by atoms with Crippen LogP contribution in [-0.4, -0.2) is 23.1 Å². The smallest absolute Gasteiger partial charge is 0.316 e. The standard InChI is InChI=1S/C7H10FN3O/c8-6-4-10-7(11-5-6)12-3-1-2-9/h4-5H,1-3,9H2. The second-order valence-electron chi connectivity index (χ2n) is 2.17. The van der Waals surface area contributed by atoms with Crippen LogP contribution in [0.1, 0.15) is 6.42 Å². The zero-order chi connectivity index (χ0) is 8.81. The summed E-state index contributed by atoms with van der Waals surface area (Å²) in [6, 6.07) is 0.185. The van der Waals surface area contributed by atoms with Gasteiger partial charge in [0.25, 0.3) is 0 Å². The summed E-state index contributed by atoms with van der Waals surface area (Å²) < 4.78 is 17.3. The molecule has 1 aromatic rings. The molecule has 1 aromatic heterocycles. The van der Waals surface area contributed by atoms with Gasteiger partial charge in [0, 0.05) is 0 Å². The molecule has 1 heterocycles. The van der Waals surface area contributed by atoms with Crippen LogP contribution in [0.25, 0.3) is 0 Å². The summed E-state index contributed by atoms with van der Waals surface area (Å²) in [5.74, 6) is -0.471. The monoisotopic (exact) mass is 171 g/mol. The predicted octanol–water partition coefficient (Wildman–Crippen LogP) is 0.343. The van der Waals surface area contributed by atoms with Gasteiger partial charge in [-0.05, 0) is 13.0 Å². The van der Waals surface area contributed by atoms with Crippen LogP contribution >= 0.6 is 0 Å². The summed E-state index contributed by atoms with van der Waals surface area (Å²) >= 11 is 0. The fraction of sp³-hybridized carbons (Fsp3) is 0.429. The summed E-state index contributed by atoms with van der Waals surface area (Å²) in [7, 11) is 0. The van der Waals surface area contributed by atoms with Crippen LogP contribution in [0.4, 0.5) is 4.39 Å². The molecule has 4 nitrogen and oxygen atoms in total. The molecule has 2 N–H and O–H groups in total. The molecule has 12 heavy (non-hydrogen) atoms. The van der Waals surface area contributed by atoms with E-state index in [2.05, 4.69) is 9.97 Å². The van der Waals surface area contributed by atoms with Crippen LogP contribution in [0, 0.1) is 5.82 Å². The lowest BCUT2D eigenvalue weighted by atomic mass is 10.5. The van der Waals surface area contributed by atoms with Gasteiger partial charge in [0.2, 0.25) is 0 Å². The molecule has 1 rings (SSSR count). The van der Waals surface area contributed by atoms with Crippen molar-refractivity contribution in [3.63, 3.8) is 0 Å². The first kappa shape index (κ1) is 8.86. The minimum atomic E-state index is -0.471. The van der Waals surface area contributed by atoms with Gasteiger partial charge in [-0.15, -0.1) is 0 Å². The van der Waals surface area contributed by atoms with Gasteiger partial charge in [-0.25, -0.2) is 14.4 Å². The average Bonchev–Trinajstić information content (AvgIpc) is 2.09.